The summed E-state index contributed by atoms with van der Waals surface area (Å²) in [5, 5.41) is 3.23. The number of carbonyl (C=O) groups excluding carboxylic acids is 1. The Morgan fingerprint density at radius 3 is 2.65 bits per heavy atom. The quantitative estimate of drug-likeness (QED) is 0.896. The first-order chi connectivity index (χ1) is 9.47. The Bertz CT molecular complexity index is 640. The highest BCUT2D eigenvalue weighted by molar-refractivity contribution is 5.94. The predicted molar refractivity (Wildman–Crippen MR) is 78.1 cm³/mol. The topological polar surface area (TPSA) is 55.1 Å². The molecule has 0 aliphatic carbocycles. The zero-order valence-corrected chi connectivity index (χ0v) is 11.5. The van der Waals surface area contributed by atoms with Gasteiger partial charge < -0.3 is 11.1 Å². The van der Waals surface area contributed by atoms with E-state index in [-0.39, 0.29) is 11.6 Å². The molecule has 0 bridgehead atoms. The van der Waals surface area contributed by atoms with Crippen molar-refractivity contribution < 1.29 is 9.18 Å². The molecule has 1 atom stereocenters. The number of halogens is 1. The number of anilines is 1. The van der Waals surface area contributed by atoms with Gasteiger partial charge in [-0.1, -0.05) is 29.8 Å². The summed E-state index contributed by atoms with van der Waals surface area (Å²) in [5.41, 5.74) is 7.99. The summed E-state index contributed by atoms with van der Waals surface area (Å²) < 4.78 is 13.4. The maximum atomic E-state index is 13.4. The van der Waals surface area contributed by atoms with E-state index in [1.165, 1.54) is 17.7 Å². The number of carbonyl (C=O) groups is 1. The second-order valence-electron chi connectivity index (χ2n) is 4.84. The van der Waals surface area contributed by atoms with E-state index in [9.17, 15) is 9.18 Å². The lowest BCUT2D eigenvalue weighted by molar-refractivity contribution is 0.0996. The average Bonchev–Trinajstić information content (AvgIpc) is 2.40. The molecule has 2 aromatic rings. The predicted octanol–water partition coefficient (Wildman–Crippen LogP) is 3.41. The lowest BCUT2D eigenvalue weighted by atomic mass is 10.1. The summed E-state index contributed by atoms with van der Waals surface area (Å²) in [6.45, 7) is 4.03. The van der Waals surface area contributed by atoms with Gasteiger partial charge in [-0.05, 0) is 37.6 Å². The van der Waals surface area contributed by atoms with Crippen LogP contribution < -0.4 is 11.1 Å². The van der Waals surface area contributed by atoms with E-state index in [1.807, 2.05) is 32.0 Å². The van der Waals surface area contributed by atoms with Crippen molar-refractivity contribution in [1.82, 2.24) is 0 Å². The highest BCUT2D eigenvalue weighted by atomic mass is 19.1. The SMILES string of the molecule is Cc1cccc(C(C)Nc2ccc(F)c(C(N)=O)c2)c1. The third-order valence-corrected chi connectivity index (χ3v) is 3.16. The number of aryl methyl sites for hydroxylation is 1. The molecule has 0 radical (unpaired) electrons. The van der Waals surface area contributed by atoms with Crippen LogP contribution >= 0.6 is 0 Å². The van der Waals surface area contributed by atoms with Crippen LogP contribution in [0.2, 0.25) is 0 Å². The molecule has 0 aromatic heterocycles. The van der Waals surface area contributed by atoms with Crippen molar-refractivity contribution in [1.29, 1.82) is 0 Å². The van der Waals surface area contributed by atoms with Gasteiger partial charge >= 0.3 is 0 Å². The molecule has 3 N–H and O–H groups in total. The number of rotatable bonds is 4. The summed E-state index contributed by atoms with van der Waals surface area (Å²) in [6.07, 6.45) is 0. The van der Waals surface area contributed by atoms with E-state index in [2.05, 4.69) is 11.4 Å². The average molecular weight is 272 g/mol. The Morgan fingerprint density at radius 1 is 1.25 bits per heavy atom. The van der Waals surface area contributed by atoms with Crippen molar-refractivity contribution in [3.8, 4) is 0 Å². The van der Waals surface area contributed by atoms with Gasteiger partial charge in [-0.3, -0.25) is 4.79 Å². The van der Waals surface area contributed by atoms with E-state index >= 15 is 0 Å². The van der Waals surface area contributed by atoms with Crippen molar-refractivity contribution in [2.24, 2.45) is 5.73 Å². The van der Waals surface area contributed by atoms with Gasteiger partial charge in [0.2, 0.25) is 0 Å². The molecule has 2 aromatic carbocycles. The summed E-state index contributed by atoms with van der Waals surface area (Å²) in [6, 6.07) is 12.4. The molecule has 0 aliphatic rings. The second-order valence-corrected chi connectivity index (χ2v) is 4.84. The Morgan fingerprint density at radius 2 is 2.00 bits per heavy atom. The zero-order chi connectivity index (χ0) is 14.7. The number of benzene rings is 2. The van der Waals surface area contributed by atoms with Crippen LogP contribution in [-0.4, -0.2) is 5.91 Å². The molecular weight excluding hydrogens is 255 g/mol. The van der Waals surface area contributed by atoms with E-state index in [4.69, 9.17) is 5.73 Å². The summed E-state index contributed by atoms with van der Waals surface area (Å²) >= 11 is 0. The lowest BCUT2D eigenvalue weighted by Crippen LogP contribution is -2.14. The fraction of sp³-hybridized carbons (Fsp3) is 0.188. The van der Waals surface area contributed by atoms with Gasteiger partial charge in [0.1, 0.15) is 5.82 Å². The van der Waals surface area contributed by atoms with Gasteiger partial charge in [0.05, 0.1) is 5.56 Å². The Kier molecular flexibility index (Phi) is 4.03. The molecule has 1 amide bonds. The Balaban J connectivity index is 2.22. The molecule has 0 saturated heterocycles. The molecule has 2 rings (SSSR count). The molecule has 4 heteroatoms. The summed E-state index contributed by atoms with van der Waals surface area (Å²) in [7, 11) is 0. The molecule has 3 nitrogen and oxygen atoms in total. The fourth-order valence-electron chi connectivity index (χ4n) is 2.08. The van der Waals surface area contributed by atoms with Crippen LogP contribution in [0.15, 0.2) is 42.5 Å². The number of primary amides is 1. The van der Waals surface area contributed by atoms with Crippen molar-refractivity contribution in [3.05, 3.63) is 65.0 Å². The van der Waals surface area contributed by atoms with Crippen molar-refractivity contribution in [3.63, 3.8) is 0 Å². The minimum Gasteiger partial charge on any atom is -0.378 e. The summed E-state index contributed by atoms with van der Waals surface area (Å²) in [5.74, 6) is -1.37. The first-order valence-corrected chi connectivity index (χ1v) is 6.40. The normalized spacial score (nSPS) is 11.9. The van der Waals surface area contributed by atoms with Crippen LogP contribution in [0.5, 0.6) is 0 Å². The minimum absolute atomic E-state index is 0.0427. The van der Waals surface area contributed by atoms with E-state index in [0.29, 0.717) is 5.69 Å². The largest absolute Gasteiger partial charge is 0.378 e. The molecule has 20 heavy (non-hydrogen) atoms. The van der Waals surface area contributed by atoms with Gasteiger partial charge in [-0.15, -0.1) is 0 Å². The monoisotopic (exact) mass is 272 g/mol. The molecular formula is C16H17FN2O. The third kappa shape index (κ3) is 3.15. The molecule has 1 unspecified atom stereocenters. The van der Waals surface area contributed by atoms with Crippen LogP contribution in [0.25, 0.3) is 0 Å². The molecule has 104 valence electrons. The molecule has 0 heterocycles. The van der Waals surface area contributed by atoms with Crippen LogP contribution in [0.1, 0.15) is 34.5 Å². The number of amides is 1. The van der Waals surface area contributed by atoms with Gasteiger partial charge in [0.25, 0.3) is 5.91 Å². The van der Waals surface area contributed by atoms with Gasteiger partial charge in [-0.25, -0.2) is 4.39 Å². The smallest absolute Gasteiger partial charge is 0.251 e. The first kappa shape index (κ1) is 14.1. The van der Waals surface area contributed by atoms with Crippen molar-refractivity contribution in [2.45, 2.75) is 19.9 Å². The second kappa shape index (κ2) is 5.74. The Hall–Kier alpha value is -2.36. The Labute approximate surface area is 117 Å². The van der Waals surface area contributed by atoms with Crippen LogP contribution in [0, 0.1) is 12.7 Å². The van der Waals surface area contributed by atoms with Crippen molar-refractivity contribution in [2.75, 3.05) is 5.32 Å². The first-order valence-electron chi connectivity index (χ1n) is 6.40. The standard InChI is InChI=1S/C16H17FN2O/c1-10-4-3-5-12(8-10)11(2)19-13-6-7-15(17)14(9-13)16(18)20/h3-9,11,19H,1-2H3,(H2,18,20). The highest BCUT2D eigenvalue weighted by Gasteiger charge is 2.11. The summed E-state index contributed by atoms with van der Waals surface area (Å²) in [4.78, 5) is 11.1. The maximum absolute atomic E-state index is 13.4. The van der Waals surface area contributed by atoms with Gasteiger partial charge in [0.15, 0.2) is 0 Å². The number of hydrogen-bond acceptors (Lipinski definition) is 2. The maximum Gasteiger partial charge on any atom is 0.251 e. The molecule has 0 fully saturated rings. The van der Waals surface area contributed by atoms with Crippen LogP contribution in [0.3, 0.4) is 0 Å². The number of nitrogens with one attached hydrogen (secondary N) is 1. The molecule has 0 spiro atoms. The lowest BCUT2D eigenvalue weighted by Gasteiger charge is -2.16. The molecule has 0 aliphatic heterocycles. The van der Waals surface area contributed by atoms with Crippen LogP contribution in [-0.2, 0) is 0 Å². The zero-order valence-electron chi connectivity index (χ0n) is 11.5. The third-order valence-electron chi connectivity index (χ3n) is 3.16. The van der Waals surface area contributed by atoms with E-state index in [1.54, 1.807) is 6.07 Å². The fourth-order valence-corrected chi connectivity index (χ4v) is 2.08. The number of nitrogens with two attached hydrogens (primary N) is 1. The van der Waals surface area contributed by atoms with Crippen LogP contribution in [0.4, 0.5) is 10.1 Å². The van der Waals surface area contributed by atoms with Gasteiger partial charge in [0, 0.05) is 11.7 Å². The van der Waals surface area contributed by atoms with Gasteiger partial charge in [-0.2, -0.15) is 0 Å². The highest BCUT2D eigenvalue weighted by Crippen LogP contribution is 2.21. The molecule has 0 saturated carbocycles. The number of hydrogen-bond donors (Lipinski definition) is 2. The van der Waals surface area contributed by atoms with E-state index in [0.717, 1.165) is 5.56 Å². The van der Waals surface area contributed by atoms with Crippen molar-refractivity contribution >= 4 is 11.6 Å². The minimum atomic E-state index is -0.769. The van der Waals surface area contributed by atoms with E-state index < -0.39 is 11.7 Å².